The molecule has 0 N–H and O–H groups in total. The van der Waals surface area contributed by atoms with Crippen LogP contribution in [0.15, 0.2) is 30.3 Å². The van der Waals surface area contributed by atoms with Gasteiger partial charge < -0.3 is 0 Å². The van der Waals surface area contributed by atoms with Gasteiger partial charge in [-0.1, -0.05) is 37.7 Å². The number of hydrogen-bond acceptors (Lipinski definition) is 1. The van der Waals surface area contributed by atoms with Crippen LogP contribution in [0.2, 0.25) is 19.6 Å². The summed E-state index contributed by atoms with van der Waals surface area (Å²) in [4.78, 5) is 4.52. The highest BCUT2D eigenvalue weighted by atomic mass is 28.3. The number of benzene rings is 1. The zero-order valence-corrected chi connectivity index (χ0v) is 11.8. The minimum absolute atomic E-state index is 1.03. The lowest BCUT2D eigenvalue weighted by atomic mass is 10.1. The van der Waals surface area contributed by atoms with E-state index in [4.69, 9.17) is 0 Å². The second-order valence-electron chi connectivity index (χ2n) is 5.36. The number of fused-ring (bicyclic) bond motifs is 1. The number of aromatic nitrogens is 1. The van der Waals surface area contributed by atoms with Crippen LogP contribution in [0.4, 0.5) is 0 Å². The Bertz CT molecular complexity index is 612. The molecule has 17 heavy (non-hydrogen) atoms. The Balaban J connectivity index is 2.46. The molecule has 0 spiro atoms. The molecule has 1 nitrogen and oxygen atoms in total. The van der Waals surface area contributed by atoms with Gasteiger partial charge in [0.15, 0.2) is 0 Å². The fourth-order valence-electron chi connectivity index (χ4n) is 1.56. The molecule has 2 heteroatoms. The van der Waals surface area contributed by atoms with Gasteiger partial charge in [-0.3, -0.25) is 4.98 Å². The number of nitrogens with zero attached hydrogens (tertiary/aromatic N) is 1. The third-order valence-electron chi connectivity index (χ3n) is 2.41. The fourth-order valence-corrected chi connectivity index (χ4v) is 2.08. The van der Waals surface area contributed by atoms with E-state index in [1.807, 2.05) is 13.0 Å². The van der Waals surface area contributed by atoms with Gasteiger partial charge in [0, 0.05) is 16.6 Å². The molecule has 0 saturated carbocycles. The molecule has 2 rings (SSSR count). The molecule has 86 valence electrons. The smallest absolute Gasteiger partial charge is 0.129 e. The number of hydrogen-bond donors (Lipinski definition) is 0. The van der Waals surface area contributed by atoms with Gasteiger partial charge in [-0.25, -0.2) is 0 Å². The first kappa shape index (κ1) is 11.9. The van der Waals surface area contributed by atoms with Gasteiger partial charge in [-0.15, -0.1) is 5.54 Å². The normalized spacial score (nSPS) is 11.1. The van der Waals surface area contributed by atoms with Crippen molar-refractivity contribution in [3.63, 3.8) is 0 Å². The molecule has 2 aromatic rings. The first-order valence-corrected chi connectivity index (χ1v) is 9.35. The minimum atomic E-state index is -1.30. The van der Waals surface area contributed by atoms with Crippen LogP contribution in [0, 0.1) is 18.4 Å². The van der Waals surface area contributed by atoms with E-state index in [9.17, 15) is 0 Å². The van der Waals surface area contributed by atoms with E-state index in [1.54, 1.807) is 0 Å². The van der Waals surface area contributed by atoms with Crippen LogP contribution >= 0.6 is 0 Å². The number of pyridine rings is 1. The maximum Gasteiger partial charge on any atom is 0.129 e. The molecule has 0 radical (unpaired) electrons. The molecule has 0 aliphatic rings. The SMILES string of the molecule is Cc1ccc2ccc(C#C[Si](C)(C)C)cc2n1. The van der Waals surface area contributed by atoms with E-state index in [1.165, 1.54) is 5.39 Å². The lowest BCUT2D eigenvalue weighted by Gasteiger charge is -2.04. The average Bonchev–Trinajstić information content (AvgIpc) is 2.24. The van der Waals surface area contributed by atoms with E-state index >= 15 is 0 Å². The van der Waals surface area contributed by atoms with Gasteiger partial charge in [0.05, 0.1) is 5.52 Å². The minimum Gasteiger partial charge on any atom is -0.253 e. The van der Waals surface area contributed by atoms with Crippen molar-refractivity contribution < 1.29 is 0 Å². The second kappa shape index (κ2) is 4.35. The summed E-state index contributed by atoms with van der Waals surface area (Å²) in [5.41, 5.74) is 6.53. The van der Waals surface area contributed by atoms with Crippen LogP contribution in [0.1, 0.15) is 11.3 Å². The second-order valence-corrected chi connectivity index (χ2v) is 10.1. The lowest BCUT2D eigenvalue weighted by molar-refractivity contribution is 1.25. The van der Waals surface area contributed by atoms with Crippen molar-refractivity contribution >= 4 is 19.0 Å². The van der Waals surface area contributed by atoms with E-state index in [-0.39, 0.29) is 0 Å². The Morgan fingerprint density at radius 1 is 1.06 bits per heavy atom. The molecule has 0 bridgehead atoms. The van der Waals surface area contributed by atoms with Crippen LogP contribution in [0.3, 0.4) is 0 Å². The van der Waals surface area contributed by atoms with E-state index < -0.39 is 8.07 Å². The van der Waals surface area contributed by atoms with Crippen molar-refractivity contribution in [2.75, 3.05) is 0 Å². The Kier molecular flexibility index (Phi) is 3.04. The molecule has 0 amide bonds. The Hall–Kier alpha value is -1.59. The Labute approximate surface area is 104 Å². The molecule has 0 aliphatic heterocycles. The van der Waals surface area contributed by atoms with Crippen molar-refractivity contribution in [3.05, 3.63) is 41.6 Å². The molecule has 1 aromatic heterocycles. The van der Waals surface area contributed by atoms with Crippen LogP contribution in [-0.4, -0.2) is 13.1 Å². The third kappa shape index (κ3) is 3.18. The van der Waals surface area contributed by atoms with Gasteiger partial charge in [0.1, 0.15) is 8.07 Å². The summed E-state index contributed by atoms with van der Waals surface area (Å²) in [5.74, 6) is 3.27. The van der Waals surface area contributed by atoms with Crippen molar-refractivity contribution in [3.8, 4) is 11.5 Å². The largest absolute Gasteiger partial charge is 0.253 e. The summed E-state index contributed by atoms with van der Waals surface area (Å²) in [7, 11) is -1.30. The summed E-state index contributed by atoms with van der Waals surface area (Å²) in [6.07, 6.45) is 0. The summed E-state index contributed by atoms with van der Waals surface area (Å²) >= 11 is 0. The summed E-state index contributed by atoms with van der Waals surface area (Å²) in [6, 6.07) is 10.4. The van der Waals surface area contributed by atoms with Gasteiger partial charge in [-0.05, 0) is 25.1 Å². The van der Waals surface area contributed by atoms with Crippen molar-refractivity contribution in [1.82, 2.24) is 4.98 Å². The number of rotatable bonds is 0. The average molecular weight is 239 g/mol. The van der Waals surface area contributed by atoms with Crippen LogP contribution < -0.4 is 0 Å². The van der Waals surface area contributed by atoms with Crippen LogP contribution in [0.25, 0.3) is 10.9 Å². The highest BCUT2D eigenvalue weighted by Gasteiger charge is 2.07. The van der Waals surface area contributed by atoms with Crippen LogP contribution in [-0.2, 0) is 0 Å². The first-order valence-electron chi connectivity index (χ1n) is 5.85. The van der Waals surface area contributed by atoms with Gasteiger partial charge in [0.2, 0.25) is 0 Å². The molecule has 1 aromatic carbocycles. The highest BCUT2D eigenvalue weighted by molar-refractivity contribution is 6.83. The third-order valence-corrected chi connectivity index (χ3v) is 3.29. The van der Waals surface area contributed by atoms with E-state index in [2.05, 4.69) is 60.4 Å². The first-order chi connectivity index (χ1) is 7.94. The van der Waals surface area contributed by atoms with Crippen molar-refractivity contribution in [1.29, 1.82) is 0 Å². The Morgan fingerprint density at radius 3 is 2.47 bits per heavy atom. The van der Waals surface area contributed by atoms with Gasteiger partial charge in [0.25, 0.3) is 0 Å². The molecule has 1 heterocycles. The monoisotopic (exact) mass is 239 g/mol. The fraction of sp³-hybridized carbons (Fsp3) is 0.267. The molecule has 0 fully saturated rings. The lowest BCUT2D eigenvalue weighted by Crippen LogP contribution is -2.16. The molecule has 0 aliphatic carbocycles. The molecule has 0 atom stereocenters. The zero-order chi connectivity index (χ0) is 12.5. The summed E-state index contributed by atoms with van der Waals surface area (Å²) in [6.45, 7) is 8.77. The topological polar surface area (TPSA) is 12.9 Å². The van der Waals surface area contributed by atoms with Crippen molar-refractivity contribution in [2.45, 2.75) is 26.6 Å². The van der Waals surface area contributed by atoms with Crippen molar-refractivity contribution in [2.24, 2.45) is 0 Å². The molecule has 0 saturated heterocycles. The highest BCUT2D eigenvalue weighted by Crippen LogP contribution is 2.14. The maximum atomic E-state index is 4.52. The predicted octanol–water partition coefficient (Wildman–Crippen LogP) is 3.77. The summed E-state index contributed by atoms with van der Waals surface area (Å²) in [5, 5.41) is 1.18. The molecular weight excluding hydrogens is 222 g/mol. The standard InChI is InChI=1S/C15H17NSi/c1-12-5-7-14-8-6-13(11-15(14)16-12)9-10-17(2,3)4/h5-8,11H,1-4H3. The van der Waals surface area contributed by atoms with Gasteiger partial charge >= 0.3 is 0 Å². The predicted molar refractivity (Wildman–Crippen MR) is 76.7 cm³/mol. The molecule has 0 unspecified atom stereocenters. The zero-order valence-electron chi connectivity index (χ0n) is 10.8. The van der Waals surface area contributed by atoms with E-state index in [0.717, 1.165) is 16.8 Å². The number of aryl methyl sites for hydroxylation is 1. The molecular formula is C15H17NSi. The maximum absolute atomic E-state index is 4.52. The quantitative estimate of drug-likeness (QED) is 0.504. The van der Waals surface area contributed by atoms with E-state index in [0.29, 0.717) is 0 Å². The Morgan fingerprint density at radius 2 is 1.76 bits per heavy atom. The summed E-state index contributed by atoms with van der Waals surface area (Å²) < 4.78 is 0. The van der Waals surface area contributed by atoms with Crippen LogP contribution in [0.5, 0.6) is 0 Å². The van der Waals surface area contributed by atoms with Gasteiger partial charge in [-0.2, -0.15) is 0 Å².